The van der Waals surface area contributed by atoms with Crippen molar-refractivity contribution in [2.24, 2.45) is 0 Å². The van der Waals surface area contributed by atoms with E-state index in [0.717, 1.165) is 32.4 Å². The number of hydrogen-bond acceptors (Lipinski definition) is 2. The number of nitrogens with one attached hydrogen (secondary N) is 1. The molecule has 0 saturated carbocycles. The van der Waals surface area contributed by atoms with Crippen LogP contribution in [-0.2, 0) is 11.2 Å². The summed E-state index contributed by atoms with van der Waals surface area (Å²) in [5.41, 5.74) is 1.37. The summed E-state index contributed by atoms with van der Waals surface area (Å²) >= 11 is 0. The lowest BCUT2D eigenvalue weighted by atomic mass is 10.1. The average molecular weight is 244 g/mol. The van der Waals surface area contributed by atoms with Crippen LogP contribution in [0.2, 0.25) is 0 Å². The summed E-state index contributed by atoms with van der Waals surface area (Å²) in [4.78, 5) is 14.0. The zero-order valence-corrected chi connectivity index (χ0v) is 10.6. The fourth-order valence-electron chi connectivity index (χ4n) is 3.21. The summed E-state index contributed by atoms with van der Waals surface area (Å²) in [5, 5.41) is 3.42. The van der Waals surface area contributed by atoms with Gasteiger partial charge in [-0.3, -0.25) is 4.79 Å². The molecule has 2 saturated heterocycles. The third-order valence-electron chi connectivity index (χ3n) is 4.13. The van der Waals surface area contributed by atoms with Crippen molar-refractivity contribution in [3.8, 4) is 0 Å². The zero-order chi connectivity index (χ0) is 12.4. The van der Waals surface area contributed by atoms with Crippen LogP contribution >= 0.6 is 0 Å². The maximum atomic E-state index is 11.9. The Hall–Kier alpha value is -1.35. The molecule has 0 unspecified atom stereocenters. The molecule has 2 atom stereocenters. The molecule has 3 heteroatoms. The SMILES string of the molecule is O=C1C[C@H]2NCC[C@H]2N1CCCc1ccccc1. The first-order chi connectivity index (χ1) is 8.84. The molecule has 18 heavy (non-hydrogen) atoms. The molecule has 0 bridgehead atoms. The Labute approximate surface area is 108 Å². The number of aryl methyl sites for hydroxylation is 1. The topological polar surface area (TPSA) is 32.3 Å². The normalized spacial score (nSPS) is 26.7. The first-order valence-electron chi connectivity index (χ1n) is 6.91. The number of rotatable bonds is 4. The van der Waals surface area contributed by atoms with E-state index < -0.39 is 0 Å². The third-order valence-corrected chi connectivity index (χ3v) is 4.13. The van der Waals surface area contributed by atoms with Crippen LogP contribution in [0.25, 0.3) is 0 Å². The van der Waals surface area contributed by atoms with E-state index in [4.69, 9.17) is 0 Å². The van der Waals surface area contributed by atoms with Crippen LogP contribution in [0.3, 0.4) is 0 Å². The molecule has 0 aromatic heterocycles. The van der Waals surface area contributed by atoms with Gasteiger partial charge in [0.1, 0.15) is 0 Å². The van der Waals surface area contributed by atoms with Crippen molar-refractivity contribution in [3.05, 3.63) is 35.9 Å². The van der Waals surface area contributed by atoms with Crippen molar-refractivity contribution in [2.45, 2.75) is 37.8 Å². The van der Waals surface area contributed by atoms with E-state index in [0.29, 0.717) is 24.4 Å². The van der Waals surface area contributed by atoms with Gasteiger partial charge < -0.3 is 10.2 Å². The Morgan fingerprint density at radius 2 is 2.11 bits per heavy atom. The third kappa shape index (κ3) is 2.27. The molecule has 0 spiro atoms. The number of hydrogen-bond donors (Lipinski definition) is 1. The van der Waals surface area contributed by atoms with Crippen molar-refractivity contribution in [1.29, 1.82) is 0 Å². The molecule has 1 aromatic rings. The quantitative estimate of drug-likeness (QED) is 0.872. The van der Waals surface area contributed by atoms with E-state index in [1.807, 2.05) is 6.07 Å². The van der Waals surface area contributed by atoms with Crippen molar-refractivity contribution in [3.63, 3.8) is 0 Å². The predicted octanol–water partition coefficient (Wildman–Crippen LogP) is 1.58. The zero-order valence-electron chi connectivity index (χ0n) is 10.6. The van der Waals surface area contributed by atoms with Crippen LogP contribution in [-0.4, -0.2) is 36.0 Å². The molecular weight excluding hydrogens is 224 g/mol. The summed E-state index contributed by atoms with van der Waals surface area (Å²) in [6, 6.07) is 11.4. The van der Waals surface area contributed by atoms with Gasteiger partial charge in [0.05, 0.1) is 0 Å². The highest BCUT2D eigenvalue weighted by Crippen LogP contribution is 2.26. The summed E-state index contributed by atoms with van der Waals surface area (Å²) in [6.07, 6.45) is 3.96. The second-order valence-corrected chi connectivity index (χ2v) is 5.30. The molecular formula is C15H20N2O. The number of nitrogens with zero attached hydrogens (tertiary/aromatic N) is 1. The van der Waals surface area contributed by atoms with Crippen LogP contribution in [0.4, 0.5) is 0 Å². The highest BCUT2D eigenvalue weighted by Gasteiger charge is 2.41. The number of carbonyl (C=O) groups is 1. The maximum absolute atomic E-state index is 11.9. The van der Waals surface area contributed by atoms with Gasteiger partial charge in [0, 0.05) is 25.0 Å². The van der Waals surface area contributed by atoms with E-state index in [-0.39, 0.29) is 0 Å². The fourth-order valence-corrected chi connectivity index (χ4v) is 3.21. The molecule has 2 aliphatic rings. The standard InChI is InChI=1S/C15H20N2O/c18-15-11-13-14(8-9-16-13)17(15)10-4-7-12-5-2-1-3-6-12/h1-3,5-6,13-14,16H,4,7-11H2/t13-,14-/m1/s1. The number of carbonyl (C=O) groups excluding carboxylic acids is 1. The lowest BCUT2D eigenvalue weighted by molar-refractivity contribution is -0.129. The molecule has 3 rings (SSSR count). The molecule has 1 aromatic carbocycles. The summed E-state index contributed by atoms with van der Waals surface area (Å²) in [5.74, 6) is 0.338. The fraction of sp³-hybridized carbons (Fsp3) is 0.533. The molecule has 2 aliphatic heterocycles. The van der Waals surface area contributed by atoms with Gasteiger partial charge in [-0.2, -0.15) is 0 Å². The predicted molar refractivity (Wildman–Crippen MR) is 71.3 cm³/mol. The van der Waals surface area contributed by atoms with Crippen LogP contribution in [0.1, 0.15) is 24.8 Å². The van der Waals surface area contributed by atoms with Gasteiger partial charge in [0.25, 0.3) is 0 Å². The first-order valence-corrected chi connectivity index (χ1v) is 6.91. The largest absolute Gasteiger partial charge is 0.338 e. The number of likely N-dealkylation sites (tertiary alicyclic amines) is 1. The van der Waals surface area contributed by atoms with Crippen LogP contribution < -0.4 is 5.32 Å². The molecule has 0 aliphatic carbocycles. The Morgan fingerprint density at radius 3 is 2.94 bits per heavy atom. The second-order valence-electron chi connectivity index (χ2n) is 5.30. The van der Waals surface area contributed by atoms with Crippen molar-refractivity contribution in [1.82, 2.24) is 10.2 Å². The maximum Gasteiger partial charge on any atom is 0.224 e. The van der Waals surface area contributed by atoms with E-state index in [2.05, 4.69) is 34.5 Å². The van der Waals surface area contributed by atoms with E-state index in [9.17, 15) is 4.79 Å². The van der Waals surface area contributed by atoms with Gasteiger partial charge in [-0.05, 0) is 31.4 Å². The lowest BCUT2D eigenvalue weighted by Crippen LogP contribution is -2.36. The minimum absolute atomic E-state index is 0.338. The lowest BCUT2D eigenvalue weighted by Gasteiger charge is -2.23. The second kappa shape index (κ2) is 5.11. The molecule has 96 valence electrons. The Bertz CT molecular complexity index is 418. The molecule has 0 radical (unpaired) electrons. The average Bonchev–Trinajstić information content (AvgIpc) is 2.93. The smallest absolute Gasteiger partial charge is 0.224 e. The van der Waals surface area contributed by atoms with Gasteiger partial charge in [0.15, 0.2) is 0 Å². The van der Waals surface area contributed by atoms with Crippen molar-refractivity contribution in [2.75, 3.05) is 13.1 Å². The highest BCUT2D eigenvalue weighted by atomic mass is 16.2. The van der Waals surface area contributed by atoms with Crippen molar-refractivity contribution >= 4 is 5.91 Å². The van der Waals surface area contributed by atoms with E-state index >= 15 is 0 Å². The molecule has 1 N–H and O–H groups in total. The van der Waals surface area contributed by atoms with Crippen molar-refractivity contribution < 1.29 is 4.79 Å². The van der Waals surface area contributed by atoms with E-state index in [1.54, 1.807) is 0 Å². The number of amides is 1. The number of benzene rings is 1. The monoisotopic (exact) mass is 244 g/mol. The number of fused-ring (bicyclic) bond motifs is 1. The van der Waals surface area contributed by atoms with Gasteiger partial charge in [-0.25, -0.2) is 0 Å². The van der Waals surface area contributed by atoms with Crippen LogP contribution in [0.15, 0.2) is 30.3 Å². The summed E-state index contributed by atoms with van der Waals surface area (Å²) in [6.45, 7) is 1.98. The minimum atomic E-state index is 0.338. The van der Waals surface area contributed by atoms with Crippen LogP contribution in [0, 0.1) is 0 Å². The van der Waals surface area contributed by atoms with Crippen LogP contribution in [0.5, 0.6) is 0 Å². The Balaban J connectivity index is 1.52. The van der Waals surface area contributed by atoms with E-state index in [1.165, 1.54) is 5.56 Å². The summed E-state index contributed by atoms with van der Waals surface area (Å²) < 4.78 is 0. The first kappa shape index (κ1) is 11.7. The summed E-state index contributed by atoms with van der Waals surface area (Å²) in [7, 11) is 0. The molecule has 2 heterocycles. The van der Waals surface area contributed by atoms with Gasteiger partial charge in [0.2, 0.25) is 5.91 Å². The molecule has 1 amide bonds. The van der Waals surface area contributed by atoms with Gasteiger partial charge in [-0.1, -0.05) is 30.3 Å². The van der Waals surface area contributed by atoms with Gasteiger partial charge >= 0.3 is 0 Å². The highest BCUT2D eigenvalue weighted by molar-refractivity contribution is 5.80. The Kier molecular flexibility index (Phi) is 3.33. The molecule has 2 fully saturated rings. The minimum Gasteiger partial charge on any atom is -0.338 e. The Morgan fingerprint density at radius 1 is 1.28 bits per heavy atom. The molecule has 3 nitrogen and oxygen atoms in total. The van der Waals surface area contributed by atoms with Gasteiger partial charge in [-0.15, -0.1) is 0 Å².